The Hall–Kier alpha value is -0.380. The van der Waals surface area contributed by atoms with Crippen molar-refractivity contribution in [1.29, 1.82) is 0 Å². The smallest absolute Gasteiger partial charge is 0.0727 e. The van der Waals surface area contributed by atoms with E-state index in [2.05, 4.69) is 35.8 Å². The second-order valence-electron chi connectivity index (χ2n) is 5.47. The van der Waals surface area contributed by atoms with Crippen LogP contribution < -0.4 is 5.73 Å². The van der Waals surface area contributed by atoms with Gasteiger partial charge in [0, 0.05) is 11.1 Å². The molecule has 102 valence electrons. The van der Waals surface area contributed by atoms with E-state index in [0.29, 0.717) is 6.61 Å². The minimum atomic E-state index is 0.266. The maximum absolute atomic E-state index is 5.70. The van der Waals surface area contributed by atoms with Crippen LogP contribution in [-0.4, -0.2) is 13.2 Å². The first-order valence-corrected chi connectivity index (χ1v) is 7.36. The van der Waals surface area contributed by atoms with Gasteiger partial charge in [-0.1, -0.05) is 54.4 Å². The van der Waals surface area contributed by atoms with Crippen molar-refractivity contribution in [3.8, 4) is 0 Å². The van der Waals surface area contributed by atoms with Crippen LogP contribution in [0, 0.1) is 5.41 Å². The third kappa shape index (κ3) is 5.98. The fraction of sp³-hybridized carbons (Fsp3) is 0.600. The van der Waals surface area contributed by atoms with Gasteiger partial charge in [0.2, 0.25) is 0 Å². The van der Waals surface area contributed by atoms with Crippen molar-refractivity contribution in [3.63, 3.8) is 0 Å². The Balaban J connectivity index is 2.11. The molecular formula is C15H24BrNO. The number of rotatable bonds is 8. The zero-order valence-electron chi connectivity index (χ0n) is 11.4. The number of nitrogens with two attached hydrogens (primary N) is 1. The number of hydrogen-bond donors (Lipinski definition) is 1. The lowest BCUT2D eigenvalue weighted by atomic mass is 9.87. The van der Waals surface area contributed by atoms with E-state index in [4.69, 9.17) is 10.5 Å². The maximum atomic E-state index is 5.70. The summed E-state index contributed by atoms with van der Waals surface area (Å²) >= 11 is 3.52. The van der Waals surface area contributed by atoms with E-state index in [9.17, 15) is 0 Å². The lowest BCUT2D eigenvalue weighted by molar-refractivity contribution is 0.114. The van der Waals surface area contributed by atoms with Crippen molar-refractivity contribution in [2.75, 3.05) is 13.2 Å². The lowest BCUT2D eigenvalue weighted by Crippen LogP contribution is -2.23. The van der Waals surface area contributed by atoms with Crippen LogP contribution in [0.1, 0.15) is 38.7 Å². The molecule has 2 nitrogen and oxygen atoms in total. The molecule has 1 rings (SSSR count). The third-order valence-corrected chi connectivity index (χ3v) is 3.93. The zero-order valence-corrected chi connectivity index (χ0v) is 13.0. The molecule has 1 aromatic rings. The van der Waals surface area contributed by atoms with Crippen LogP contribution in [0.2, 0.25) is 0 Å². The number of hydrogen-bond acceptors (Lipinski definition) is 2. The molecule has 0 aliphatic rings. The molecule has 0 aliphatic heterocycles. The SMILES string of the molecule is CC(C)(CN)CCCCOCc1ccccc1Br. The van der Waals surface area contributed by atoms with Crippen LogP contribution >= 0.6 is 15.9 Å². The summed E-state index contributed by atoms with van der Waals surface area (Å²) in [5, 5.41) is 0. The fourth-order valence-electron chi connectivity index (χ4n) is 1.71. The van der Waals surface area contributed by atoms with Gasteiger partial charge in [-0.2, -0.15) is 0 Å². The van der Waals surface area contributed by atoms with Crippen LogP contribution in [0.25, 0.3) is 0 Å². The first-order chi connectivity index (χ1) is 8.55. The van der Waals surface area contributed by atoms with Crippen LogP contribution in [0.4, 0.5) is 0 Å². The predicted octanol–water partition coefficient (Wildman–Crippen LogP) is 4.12. The van der Waals surface area contributed by atoms with Gasteiger partial charge in [0.05, 0.1) is 6.61 Å². The molecule has 0 aliphatic carbocycles. The molecule has 0 unspecified atom stereocenters. The third-order valence-electron chi connectivity index (χ3n) is 3.16. The maximum Gasteiger partial charge on any atom is 0.0727 e. The van der Waals surface area contributed by atoms with E-state index in [1.807, 2.05) is 18.2 Å². The van der Waals surface area contributed by atoms with Crippen molar-refractivity contribution in [2.45, 2.75) is 39.7 Å². The Morgan fingerprint density at radius 1 is 1.22 bits per heavy atom. The summed E-state index contributed by atoms with van der Waals surface area (Å²) in [4.78, 5) is 0. The van der Waals surface area contributed by atoms with E-state index in [0.717, 1.165) is 24.0 Å². The van der Waals surface area contributed by atoms with Crippen molar-refractivity contribution < 1.29 is 4.74 Å². The summed E-state index contributed by atoms with van der Waals surface area (Å²) in [7, 11) is 0. The van der Waals surface area contributed by atoms with Crippen LogP contribution in [-0.2, 0) is 11.3 Å². The minimum absolute atomic E-state index is 0.266. The van der Waals surface area contributed by atoms with Gasteiger partial charge in [0.25, 0.3) is 0 Å². The topological polar surface area (TPSA) is 35.2 Å². The van der Waals surface area contributed by atoms with Gasteiger partial charge in [-0.15, -0.1) is 0 Å². The summed E-state index contributed by atoms with van der Waals surface area (Å²) in [5.41, 5.74) is 7.18. The van der Waals surface area contributed by atoms with Crippen LogP contribution in [0.15, 0.2) is 28.7 Å². The zero-order chi connectivity index (χ0) is 13.4. The van der Waals surface area contributed by atoms with Crippen molar-refractivity contribution in [3.05, 3.63) is 34.3 Å². The molecule has 0 atom stereocenters. The average molecular weight is 314 g/mol. The molecule has 0 amide bonds. The molecule has 0 saturated carbocycles. The highest BCUT2D eigenvalue weighted by atomic mass is 79.9. The predicted molar refractivity (Wildman–Crippen MR) is 80.5 cm³/mol. The highest BCUT2D eigenvalue weighted by molar-refractivity contribution is 9.10. The summed E-state index contributed by atoms with van der Waals surface area (Å²) in [5.74, 6) is 0. The molecular weight excluding hydrogens is 290 g/mol. The van der Waals surface area contributed by atoms with Crippen molar-refractivity contribution in [2.24, 2.45) is 11.1 Å². The second-order valence-corrected chi connectivity index (χ2v) is 6.32. The average Bonchev–Trinajstić information content (AvgIpc) is 2.35. The Bertz CT molecular complexity index is 352. The Morgan fingerprint density at radius 3 is 2.61 bits per heavy atom. The quantitative estimate of drug-likeness (QED) is 0.733. The standard InChI is InChI=1S/C15H24BrNO/c1-15(2,12-17)9-5-6-10-18-11-13-7-3-4-8-14(13)16/h3-4,7-8H,5-6,9-12,17H2,1-2H3. The fourth-order valence-corrected chi connectivity index (χ4v) is 2.11. The molecule has 1 aromatic carbocycles. The number of halogens is 1. The van der Waals surface area contributed by atoms with E-state index in [-0.39, 0.29) is 5.41 Å². The highest BCUT2D eigenvalue weighted by Gasteiger charge is 2.14. The van der Waals surface area contributed by atoms with E-state index in [1.165, 1.54) is 18.4 Å². The Kier molecular flexibility index (Phi) is 6.90. The van der Waals surface area contributed by atoms with E-state index >= 15 is 0 Å². The summed E-state index contributed by atoms with van der Waals surface area (Å²) in [6, 6.07) is 8.18. The van der Waals surface area contributed by atoms with Gasteiger partial charge in [-0.25, -0.2) is 0 Å². The van der Waals surface area contributed by atoms with E-state index < -0.39 is 0 Å². The molecule has 0 heterocycles. The molecule has 0 saturated heterocycles. The normalized spacial score (nSPS) is 11.8. The summed E-state index contributed by atoms with van der Waals surface area (Å²) < 4.78 is 6.81. The van der Waals surface area contributed by atoms with Gasteiger partial charge >= 0.3 is 0 Å². The number of ether oxygens (including phenoxy) is 1. The van der Waals surface area contributed by atoms with Gasteiger partial charge in [-0.05, 0) is 36.4 Å². The van der Waals surface area contributed by atoms with Crippen molar-refractivity contribution >= 4 is 15.9 Å². The number of benzene rings is 1. The monoisotopic (exact) mass is 313 g/mol. The Labute approximate surface area is 119 Å². The highest BCUT2D eigenvalue weighted by Crippen LogP contribution is 2.21. The summed E-state index contributed by atoms with van der Waals surface area (Å²) in [6.07, 6.45) is 3.45. The van der Waals surface area contributed by atoms with E-state index in [1.54, 1.807) is 0 Å². The largest absolute Gasteiger partial charge is 0.377 e. The summed E-state index contributed by atoms with van der Waals surface area (Å²) in [6.45, 7) is 6.69. The van der Waals surface area contributed by atoms with Crippen LogP contribution in [0.3, 0.4) is 0 Å². The van der Waals surface area contributed by atoms with Gasteiger partial charge in [-0.3, -0.25) is 0 Å². The van der Waals surface area contributed by atoms with Crippen LogP contribution in [0.5, 0.6) is 0 Å². The molecule has 0 bridgehead atoms. The molecule has 0 aromatic heterocycles. The first-order valence-electron chi connectivity index (χ1n) is 6.56. The van der Waals surface area contributed by atoms with Gasteiger partial charge in [0.15, 0.2) is 0 Å². The lowest BCUT2D eigenvalue weighted by Gasteiger charge is -2.21. The minimum Gasteiger partial charge on any atom is -0.377 e. The molecule has 2 N–H and O–H groups in total. The van der Waals surface area contributed by atoms with Crippen molar-refractivity contribution in [1.82, 2.24) is 0 Å². The molecule has 0 fully saturated rings. The van der Waals surface area contributed by atoms with Gasteiger partial charge < -0.3 is 10.5 Å². The first kappa shape index (κ1) is 15.7. The Morgan fingerprint density at radius 2 is 1.94 bits per heavy atom. The van der Waals surface area contributed by atoms with Gasteiger partial charge in [0.1, 0.15) is 0 Å². The molecule has 0 spiro atoms. The molecule has 18 heavy (non-hydrogen) atoms. The molecule has 0 radical (unpaired) electrons. The number of unbranched alkanes of at least 4 members (excludes halogenated alkanes) is 1. The molecule has 3 heteroatoms. The second kappa shape index (κ2) is 7.93.